The number of hydrogen-bond donors (Lipinski definition) is 1. The van der Waals surface area contributed by atoms with Gasteiger partial charge in [-0.15, -0.1) is 5.10 Å². The van der Waals surface area contributed by atoms with Crippen molar-refractivity contribution in [2.24, 2.45) is 5.92 Å². The number of hydrogen-bond acceptors (Lipinski definition) is 7. The Morgan fingerprint density at radius 2 is 1.98 bits per heavy atom. The SMILES string of the molecule is COc1ccc(NC(=O)[C@H]([C@H]2CC=CCC2)N(Cc2cccnc2)C(=O)Cn2nnc3ccccc32)c(OC)c1. The highest BCUT2D eigenvalue weighted by Crippen LogP contribution is 2.32. The van der Waals surface area contributed by atoms with E-state index in [2.05, 4.69) is 32.8 Å². The van der Waals surface area contributed by atoms with E-state index in [1.807, 2.05) is 36.4 Å². The number of nitrogens with zero attached hydrogens (tertiary/aromatic N) is 5. The van der Waals surface area contributed by atoms with Crippen LogP contribution in [0.25, 0.3) is 11.0 Å². The number of amides is 2. The predicted octanol–water partition coefficient (Wildman–Crippen LogP) is 4.24. The van der Waals surface area contributed by atoms with Crippen LogP contribution in [0.1, 0.15) is 24.8 Å². The summed E-state index contributed by atoms with van der Waals surface area (Å²) < 4.78 is 12.4. The van der Waals surface area contributed by atoms with Crippen LogP contribution in [0.4, 0.5) is 5.69 Å². The number of methoxy groups -OCH3 is 2. The summed E-state index contributed by atoms with van der Waals surface area (Å²) in [4.78, 5) is 34.1. The molecule has 1 aliphatic rings. The lowest BCUT2D eigenvalue weighted by Gasteiger charge is -2.37. The second-order valence-corrected chi connectivity index (χ2v) is 9.66. The van der Waals surface area contributed by atoms with Gasteiger partial charge in [-0.05, 0) is 61.1 Å². The number of ether oxygens (including phenoxy) is 2. The van der Waals surface area contributed by atoms with E-state index in [-0.39, 0.29) is 30.8 Å². The lowest BCUT2D eigenvalue weighted by atomic mass is 9.85. The summed E-state index contributed by atoms with van der Waals surface area (Å²) in [6.45, 7) is 0.163. The Morgan fingerprint density at radius 3 is 2.73 bits per heavy atom. The lowest BCUT2D eigenvalue weighted by Crippen LogP contribution is -2.52. The molecule has 0 unspecified atom stereocenters. The number of allylic oxidation sites excluding steroid dienone is 2. The van der Waals surface area contributed by atoms with Gasteiger partial charge in [0.05, 0.1) is 25.4 Å². The second kappa shape index (κ2) is 12.4. The zero-order valence-corrected chi connectivity index (χ0v) is 22.6. The van der Waals surface area contributed by atoms with E-state index in [0.717, 1.165) is 23.9 Å². The maximum atomic E-state index is 14.1. The van der Waals surface area contributed by atoms with Crippen LogP contribution >= 0.6 is 0 Å². The first kappa shape index (κ1) is 26.9. The Kier molecular flexibility index (Phi) is 8.34. The van der Waals surface area contributed by atoms with Gasteiger partial charge in [0.25, 0.3) is 0 Å². The van der Waals surface area contributed by atoms with Crippen molar-refractivity contribution in [2.75, 3.05) is 19.5 Å². The van der Waals surface area contributed by atoms with Crippen molar-refractivity contribution in [1.82, 2.24) is 24.9 Å². The molecule has 0 saturated carbocycles. The highest BCUT2D eigenvalue weighted by atomic mass is 16.5. The van der Waals surface area contributed by atoms with Gasteiger partial charge in [0, 0.05) is 25.0 Å². The number of carbonyl (C=O) groups excluding carboxylic acids is 2. The molecule has 2 heterocycles. The molecular formula is C30H32N6O4. The number of benzene rings is 2. The molecule has 2 aromatic carbocycles. The van der Waals surface area contributed by atoms with Crippen molar-refractivity contribution in [2.45, 2.75) is 38.4 Å². The topological polar surface area (TPSA) is 111 Å². The first-order valence-electron chi connectivity index (χ1n) is 13.2. The molecule has 0 bridgehead atoms. The number of nitrogens with one attached hydrogen (secondary N) is 1. The molecule has 4 aromatic rings. The van der Waals surface area contributed by atoms with Crippen LogP contribution in [-0.4, -0.2) is 57.0 Å². The Morgan fingerprint density at radius 1 is 1.10 bits per heavy atom. The first-order valence-corrected chi connectivity index (χ1v) is 13.2. The number of pyridine rings is 1. The third-order valence-corrected chi connectivity index (χ3v) is 7.13. The predicted molar refractivity (Wildman–Crippen MR) is 151 cm³/mol. The molecule has 10 nitrogen and oxygen atoms in total. The number of para-hydroxylation sites is 1. The number of aromatic nitrogens is 4. The zero-order valence-electron chi connectivity index (χ0n) is 22.6. The number of fused-ring (bicyclic) bond motifs is 1. The zero-order chi connectivity index (χ0) is 27.9. The quantitative estimate of drug-likeness (QED) is 0.300. The molecular weight excluding hydrogens is 508 g/mol. The summed E-state index contributed by atoms with van der Waals surface area (Å²) >= 11 is 0. The average Bonchev–Trinajstić information content (AvgIpc) is 3.40. The Hall–Kier alpha value is -4.73. The minimum atomic E-state index is -0.751. The lowest BCUT2D eigenvalue weighted by molar-refractivity contribution is -0.142. The Bertz CT molecular complexity index is 1500. The number of anilines is 1. The van der Waals surface area contributed by atoms with Crippen molar-refractivity contribution in [3.05, 3.63) is 84.7 Å². The van der Waals surface area contributed by atoms with Crippen molar-refractivity contribution in [1.29, 1.82) is 0 Å². The molecule has 0 spiro atoms. The van der Waals surface area contributed by atoms with Gasteiger partial charge in [0.1, 0.15) is 29.6 Å². The van der Waals surface area contributed by atoms with Gasteiger partial charge in [-0.25, -0.2) is 4.68 Å². The summed E-state index contributed by atoms with van der Waals surface area (Å²) in [5.74, 6) is 0.467. The summed E-state index contributed by atoms with van der Waals surface area (Å²) in [7, 11) is 3.11. The molecule has 2 aromatic heterocycles. The van der Waals surface area contributed by atoms with E-state index in [9.17, 15) is 9.59 Å². The van der Waals surface area contributed by atoms with Gasteiger partial charge >= 0.3 is 0 Å². The van der Waals surface area contributed by atoms with Crippen molar-refractivity contribution in [3.8, 4) is 11.5 Å². The molecule has 2 atom stereocenters. The van der Waals surface area contributed by atoms with Gasteiger partial charge in [-0.3, -0.25) is 14.6 Å². The molecule has 0 radical (unpaired) electrons. The van der Waals surface area contributed by atoms with Gasteiger partial charge in [-0.2, -0.15) is 0 Å². The standard InChI is InChI=1S/C30H32N6O4/c1-39-23-14-15-25(27(17-23)40-2)32-30(38)29(22-10-4-3-5-11-22)35(19-21-9-8-16-31-18-21)28(37)20-36-26-13-7-6-12-24(26)33-34-36/h3-4,6-9,12-18,22,29H,5,10-11,19-20H2,1-2H3,(H,32,38)/t22-,29-/m0/s1. The maximum Gasteiger partial charge on any atom is 0.247 e. The van der Waals surface area contributed by atoms with Crippen LogP contribution in [0.5, 0.6) is 11.5 Å². The molecule has 0 fully saturated rings. The molecule has 40 heavy (non-hydrogen) atoms. The summed E-state index contributed by atoms with van der Waals surface area (Å²) in [6.07, 6.45) is 9.89. The van der Waals surface area contributed by atoms with Gasteiger partial charge in [0.2, 0.25) is 11.8 Å². The van der Waals surface area contributed by atoms with E-state index < -0.39 is 6.04 Å². The fraction of sp³-hybridized carbons (Fsp3) is 0.300. The third-order valence-electron chi connectivity index (χ3n) is 7.13. The highest BCUT2D eigenvalue weighted by molar-refractivity contribution is 5.98. The van der Waals surface area contributed by atoms with Crippen LogP contribution in [0.3, 0.4) is 0 Å². The summed E-state index contributed by atoms with van der Waals surface area (Å²) in [6, 6.07) is 15.7. The van der Waals surface area contributed by atoms with Gasteiger partial charge in [-0.1, -0.05) is 35.6 Å². The minimum absolute atomic E-state index is 0.0566. The molecule has 0 aliphatic heterocycles. The molecule has 5 rings (SSSR count). The van der Waals surface area contributed by atoms with Gasteiger partial charge in [0.15, 0.2) is 0 Å². The summed E-state index contributed by atoms with van der Waals surface area (Å²) in [5, 5.41) is 11.4. The van der Waals surface area contributed by atoms with E-state index in [0.29, 0.717) is 29.1 Å². The van der Waals surface area contributed by atoms with Crippen LogP contribution < -0.4 is 14.8 Å². The second-order valence-electron chi connectivity index (χ2n) is 9.66. The summed E-state index contributed by atoms with van der Waals surface area (Å²) in [5.41, 5.74) is 2.78. The number of rotatable bonds is 10. The smallest absolute Gasteiger partial charge is 0.247 e. The Balaban J connectivity index is 1.51. The van der Waals surface area contributed by atoms with E-state index in [1.54, 1.807) is 47.3 Å². The molecule has 206 valence electrons. The van der Waals surface area contributed by atoms with Gasteiger partial charge < -0.3 is 19.7 Å². The monoisotopic (exact) mass is 540 g/mol. The van der Waals surface area contributed by atoms with E-state index >= 15 is 0 Å². The molecule has 1 aliphatic carbocycles. The molecule has 1 N–H and O–H groups in total. The van der Waals surface area contributed by atoms with Crippen LogP contribution in [0.2, 0.25) is 0 Å². The van der Waals surface area contributed by atoms with Crippen LogP contribution in [0.15, 0.2) is 79.1 Å². The Labute approximate surface area is 232 Å². The molecule has 10 heteroatoms. The first-order chi connectivity index (χ1) is 19.6. The van der Waals surface area contributed by atoms with E-state index in [1.165, 1.54) is 7.11 Å². The van der Waals surface area contributed by atoms with Crippen molar-refractivity contribution < 1.29 is 19.1 Å². The number of carbonyl (C=O) groups is 2. The third kappa shape index (κ3) is 5.96. The van der Waals surface area contributed by atoms with Crippen LogP contribution in [0, 0.1) is 5.92 Å². The fourth-order valence-corrected chi connectivity index (χ4v) is 5.11. The normalized spacial score (nSPS) is 15.4. The molecule has 0 saturated heterocycles. The van der Waals surface area contributed by atoms with Crippen LogP contribution in [-0.2, 0) is 22.7 Å². The average molecular weight is 541 g/mol. The minimum Gasteiger partial charge on any atom is -0.497 e. The molecule has 2 amide bonds. The van der Waals surface area contributed by atoms with Crippen molar-refractivity contribution in [3.63, 3.8) is 0 Å². The maximum absolute atomic E-state index is 14.1. The van der Waals surface area contributed by atoms with Crippen molar-refractivity contribution >= 4 is 28.5 Å². The fourth-order valence-electron chi connectivity index (χ4n) is 5.11. The highest BCUT2D eigenvalue weighted by Gasteiger charge is 2.37. The largest absolute Gasteiger partial charge is 0.497 e. The van der Waals surface area contributed by atoms with E-state index in [4.69, 9.17) is 9.47 Å².